The number of allylic oxidation sites excluding steroid dienone is 1. The molecule has 1 heterocycles. The number of aromatic nitrogens is 1. The van der Waals surface area contributed by atoms with Gasteiger partial charge in [-0.3, -0.25) is 0 Å². The van der Waals surface area contributed by atoms with E-state index in [9.17, 15) is 8.42 Å². The average Bonchev–Trinajstić information content (AvgIpc) is 2.86. The van der Waals surface area contributed by atoms with Gasteiger partial charge in [0, 0.05) is 6.54 Å². The fourth-order valence-corrected chi connectivity index (χ4v) is 4.95. The Hall–Kier alpha value is -2.18. The molecule has 0 bridgehead atoms. The van der Waals surface area contributed by atoms with Crippen molar-refractivity contribution in [2.24, 2.45) is 4.40 Å². The molecule has 6 heteroatoms. The molecule has 0 spiro atoms. The Balaban J connectivity index is 2.31. The standard InChI is InChI=1S/C18H18N2O2S2/c1-4-10-20-16-12-13(2)11-14(3)17(16)23-18(20)19-24(21,22)15-8-6-5-7-9-15/h4-9,11-12H,1,10H2,2-3H3/b19-18-. The van der Waals surface area contributed by atoms with E-state index in [1.54, 1.807) is 36.4 Å². The molecule has 0 aliphatic heterocycles. The van der Waals surface area contributed by atoms with Crippen molar-refractivity contribution < 1.29 is 8.42 Å². The number of rotatable bonds is 4. The number of aryl methyl sites for hydroxylation is 2. The van der Waals surface area contributed by atoms with Gasteiger partial charge in [-0.05, 0) is 43.2 Å². The largest absolute Gasteiger partial charge is 0.312 e. The first-order valence-electron chi connectivity index (χ1n) is 7.50. The molecule has 0 saturated heterocycles. The molecule has 0 atom stereocenters. The van der Waals surface area contributed by atoms with Crippen LogP contribution in [0.1, 0.15) is 11.1 Å². The van der Waals surface area contributed by atoms with Crippen molar-refractivity contribution in [3.8, 4) is 0 Å². The van der Waals surface area contributed by atoms with Gasteiger partial charge >= 0.3 is 0 Å². The van der Waals surface area contributed by atoms with Crippen molar-refractivity contribution in [2.45, 2.75) is 25.3 Å². The maximum atomic E-state index is 12.6. The van der Waals surface area contributed by atoms with Gasteiger partial charge in [0.05, 0.1) is 15.1 Å². The molecule has 0 unspecified atom stereocenters. The molecule has 4 nitrogen and oxygen atoms in total. The maximum absolute atomic E-state index is 12.6. The molecule has 1 aromatic heterocycles. The van der Waals surface area contributed by atoms with Gasteiger partial charge in [-0.25, -0.2) is 0 Å². The minimum Gasteiger partial charge on any atom is -0.312 e. The fraction of sp³-hybridized carbons (Fsp3) is 0.167. The summed E-state index contributed by atoms with van der Waals surface area (Å²) in [5, 5.41) is 0. The lowest BCUT2D eigenvalue weighted by Crippen LogP contribution is -2.16. The van der Waals surface area contributed by atoms with E-state index in [0.29, 0.717) is 11.3 Å². The highest BCUT2D eigenvalue weighted by Gasteiger charge is 2.15. The number of hydrogen-bond acceptors (Lipinski definition) is 3. The van der Waals surface area contributed by atoms with E-state index in [4.69, 9.17) is 0 Å². The first-order valence-corrected chi connectivity index (χ1v) is 9.75. The number of benzene rings is 2. The zero-order valence-electron chi connectivity index (χ0n) is 13.6. The third-order valence-corrected chi connectivity index (χ3v) is 6.29. The summed E-state index contributed by atoms with van der Waals surface area (Å²) >= 11 is 1.39. The van der Waals surface area contributed by atoms with Crippen LogP contribution in [-0.4, -0.2) is 13.0 Å². The summed E-state index contributed by atoms with van der Waals surface area (Å²) in [7, 11) is -3.74. The van der Waals surface area contributed by atoms with Crippen LogP contribution in [0, 0.1) is 13.8 Å². The molecule has 2 aromatic carbocycles. The van der Waals surface area contributed by atoms with Crippen molar-refractivity contribution in [1.29, 1.82) is 0 Å². The zero-order chi connectivity index (χ0) is 17.3. The Morgan fingerprint density at radius 1 is 1.21 bits per heavy atom. The molecule has 0 amide bonds. The average molecular weight is 358 g/mol. The Morgan fingerprint density at radius 2 is 1.92 bits per heavy atom. The van der Waals surface area contributed by atoms with E-state index in [2.05, 4.69) is 23.1 Å². The van der Waals surface area contributed by atoms with E-state index < -0.39 is 10.0 Å². The highest BCUT2D eigenvalue weighted by molar-refractivity contribution is 7.90. The predicted octanol–water partition coefficient (Wildman–Crippen LogP) is 3.80. The highest BCUT2D eigenvalue weighted by atomic mass is 32.2. The molecular weight excluding hydrogens is 340 g/mol. The van der Waals surface area contributed by atoms with Crippen molar-refractivity contribution in [2.75, 3.05) is 0 Å². The first kappa shape index (κ1) is 16.7. The highest BCUT2D eigenvalue weighted by Crippen LogP contribution is 2.24. The summed E-state index contributed by atoms with van der Waals surface area (Å²) in [6.45, 7) is 8.34. The summed E-state index contributed by atoms with van der Waals surface area (Å²) in [4.78, 5) is 0.656. The Bertz CT molecular complexity index is 1080. The summed E-state index contributed by atoms with van der Waals surface area (Å²) in [5.74, 6) is 0. The van der Waals surface area contributed by atoms with Crippen molar-refractivity contribution in [1.82, 2.24) is 4.57 Å². The number of sulfonamides is 1. The van der Waals surface area contributed by atoms with Crippen LogP contribution < -0.4 is 4.80 Å². The molecule has 3 aromatic rings. The van der Waals surface area contributed by atoms with Crippen LogP contribution in [0.25, 0.3) is 10.2 Å². The van der Waals surface area contributed by atoms with E-state index in [1.165, 1.54) is 11.3 Å². The second-order valence-electron chi connectivity index (χ2n) is 5.59. The normalized spacial score (nSPS) is 12.7. The summed E-state index contributed by atoms with van der Waals surface area (Å²) in [6.07, 6.45) is 1.75. The number of nitrogens with zero attached hydrogens (tertiary/aromatic N) is 2. The van der Waals surface area contributed by atoms with Gasteiger partial charge in [0.1, 0.15) is 0 Å². The summed E-state index contributed by atoms with van der Waals surface area (Å²) in [5.41, 5.74) is 3.24. The molecular formula is C18H18N2O2S2. The smallest absolute Gasteiger partial charge is 0.285 e. The molecule has 0 aliphatic rings. The Morgan fingerprint density at radius 3 is 2.58 bits per heavy atom. The van der Waals surface area contributed by atoms with E-state index in [0.717, 1.165) is 21.3 Å². The van der Waals surface area contributed by atoms with Gasteiger partial charge in [0.2, 0.25) is 4.80 Å². The van der Waals surface area contributed by atoms with Crippen LogP contribution in [0.3, 0.4) is 0 Å². The van der Waals surface area contributed by atoms with E-state index in [-0.39, 0.29) is 4.90 Å². The topological polar surface area (TPSA) is 51.4 Å². The van der Waals surface area contributed by atoms with Crippen LogP contribution >= 0.6 is 11.3 Å². The van der Waals surface area contributed by atoms with Gasteiger partial charge in [-0.1, -0.05) is 41.7 Å². The number of hydrogen-bond donors (Lipinski definition) is 0. The lowest BCUT2D eigenvalue weighted by Gasteiger charge is -2.04. The summed E-state index contributed by atoms with van der Waals surface area (Å²) < 4.78 is 32.2. The van der Waals surface area contributed by atoms with E-state index in [1.807, 2.05) is 18.4 Å². The second-order valence-corrected chi connectivity index (χ2v) is 8.18. The molecule has 0 N–H and O–H groups in total. The van der Waals surface area contributed by atoms with Gasteiger partial charge in [-0.15, -0.1) is 11.0 Å². The van der Waals surface area contributed by atoms with Gasteiger partial charge in [-0.2, -0.15) is 8.42 Å². The Kier molecular flexibility index (Phi) is 4.43. The third kappa shape index (κ3) is 3.07. The van der Waals surface area contributed by atoms with Crippen molar-refractivity contribution in [3.05, 3.63) is 71.0 Å². The maximum Gasteiger partial charge on any atom is 0.285 e. The molecule has 0 aliphatic carbocycles. The van der Waals surface area contributed by atoms with Crippen LogP contribution in [0.2, 0.25) is 0 Å². The van der Waals surface area contributed by atoms with Crippen molar-refractivity contribution >= 4 is 31.6 Å². The molecule has 124 valence electrons. The molecule has 24 heavy (non-hydrogen) atoms. The minimum absolute atomic E-state index is 0.195. The number of fused-ring (bicyclic) bond motifs is 1. The van der Waals surface area contributed by atoms with Crippen LogP contribution in [-0.2, 0) is 16.6 Å². The molecule has 0 saturated carbocycles. The molecule has 0 fully saturated rings. The lowest BCUT2D eigenvalue weighted by atomic mass is 10.1. The molecule has 3 rings (SSSR count). The zero-order valence-corrected chi connectivity index (χ0v) is 15.2. The number of thiazole rings is 1. The first-order chi connectivity index (χ1) is 11.4. The monoisotopic (exact) mass is 358 g/mol. The third-order valence-electron chi connectivity index (χ3n) is 3.67. The predicted molar refractivity (Wildman–Crippen MR) is 98.7 cm³/mol. The second kappa shape index (κ2) is 6.37. The van der Waals surface area contributed by atoms with Gasteiger partial charge in [0.25, 0.3) is 10.0 Å². The summed E-state index contributed by atoms with van der Waals surface area (Å²) in [6, 6.07) is 12.4. The van der Waals surface area contributed by atoms with Crippen LogP contribution in [0.15, 0.2) is 64.4 Å². The SMILES string of the molecule is C=CCn1/c(=N/S(=O)(=O)c2ccccc2)sc2c(C)cc(C)cc21. The minimum atomic E-state index is -3.74. The fourth-order valence-electron chi connectivity index (χ4n) is 2.64. The molecule has 0 radical (unpaired) electrons. The quantitative estimate of drug-likeness (QED) is 0.666. The van der Waals surface area contributed by atoms with E-state index >= 15 is 0 Å². The van der Waals surface area contributed by atoms with Crippen LogP contribution in [0.4, 0.5) is 0 Å². The van der Waals surface area contributed by atoms with Crippen molar-refractivity contribution in [3.63, 3.8) is 0 Å². The van der Waals surface area contributed by atoms with Gasteiger partial charge in [0.15, 0.2) is 0 Å². The van der Waals surface area contributed by atoms with Gasteiger partial charge < -0.3 is 4.57 Å². The van der Waals surface area contributed by atoms with Crippen LogP contribution in [0.5, 0.6) is 0 Å². The lowest BCUT2D eigenvalue weighted by molar-refractivity contribution is 0.596. The Labute approximate surface area is 145 Å².